The molecule has 1 aromatic heterocycles. The predicted molar refractivity (Wildman–Crippen MR) is 109 cm³/mol. The van der Waals surface area contributed by atoms with Crippen LogP contribution in [0, 0.1) is 17.0 Å². The number of hydrogen-bond donors (Lipinski definition) is 1. The van der Waals surface area contributed by atoms with Crippen LogP contribution in [0.15, 0.2) is 59.0 Å². The molecule has 7 heteroatoms. The average molecular weight is 396 g/mol. The molecule has 0 bridgehead atoms. The Kier molecular flexibility index (Phi) is 6.51. The normalized spacial score (nSPS) is 11.8. The minimum Gasteiger partial charge on any atom is -0.493 e. The minimum absolute atomic E-state index is 0.0575. The number of benzene rings is 2. The van der Waals surface area contributed by atoms with E-state index in [1.54, 1.807) is 19.2 Å². The predicted octanol–water partition coefficient (Wildman–Crippen LogP) is 4.93. The lowest BCUT2D eigenvalue weighted by Crippen LogP contribution is -2.17. The molecule has 0 saturated carbocycles. The standard InChI is InChI=1S/C22H24N2O5/c1-15-4-10-20(29-15)16(2)23-13-18-7-11-21(22(12-18)27-3)28-14-17-5-8-19(9-6-17)24(25)26/h4-12,16,23H,13-14H2,1-3H3. The summed E-state index contributed by atoms with van der Waals surface area (Å²) in [6.07, 6.45) is 0. The largest absolute Gasteiger partial charge is 0.493 e. The van der Waals surface area contributed by atoms with E-state index in [0.717, 1.165) is 22.6 Å². The third-order valence-electron chi connectivity index (χ3n) is 4.57. The minimum atomic E-state index is -0.422. The van der Waals surface area contributed by atoms with Crippen molar-refractivity contribution < 1.29 is 18.8 Å². The van der Waals surface area contributed by atoms with Crippen molar-refractivity contribution in [1.29, 1.82) is 0 Å². The second-order valence-corrected chi connectivity index (χ2v) is 6.75. The number of non-ortho nitro benzene ring substituents is 1. The van der Waals surface area contributed by atoms with Crippen LogP contribution < -0.4 is 14.8 Å². The first-order chi connectivity index (χ1) is 14.0. The van der Waals surface area contributed by atoms with Crippen molar-refractivity contribution in [2.24, 2.45) is 0 Å². The highest BCUT2D eigenvalue weighted by Gasteiger charge is 2.11. The summed E-state index contributed by atoms with van der Waals surface area (Å²) in [6, 6.07) is 16.1. The van der Waals surface area contributed by atoms with Crippen molar-refractivity contribution in [1.82, 2.24) is 5.32 Å². The van der Waals surface area contributed by atoms with Crippen molar-refractivity contribution in [3.8, 4) is 11.5 Å². The molecule has 0 fully saturated rings. The zero-order valence-electron chi connectivity index (χ0n) is 16.7. The number of nitrogens with zero attached hydrogens (tertiary/aromatic N) is 1. The zero-order valence-corrected chi connectivity index (χ0v) is 16.7. The van der Waals surface area contributed by atoms with Gasteiger partial charge in [-0.05, 0) is 61.4 Å². The highest BCUT2D eigenvalue weighted by molar-refractivity contribution is 5.43. The van der Waals surface area contributed by atoms with E-state index in [-0.39, 0.29) is 11.7 Å². The van der Waals surface area contributed by atoms with Crippen LogP contribution in [-0.4, -0.2) is 12.0 Å². The van der Waals surface area contributed by atoms with Crippen LogP contribution >= 0.6 is 0 Å². The van der Waals surface area contributed by atoms with Gasteiger partial charge in [-0.3, -0.25) is 10.1 Å². The monoisotopic (exact) mass is 396 g/mol. The Morgan fingerprint density at radius 3 is 2.41 bits per heavy atom. The summed E-state index contributed by atoms with van der Waals surface area (Å²) >= 11 is 0. The van der Waals surface area contributed by atoms with Crippen molar-refractivity contribution in [3.63, 3.8) is 0 Å². The van der Waals surface area contributed by atoms with Gasteiger partial charge in [0.25, 0.3) is 5.69 Å². The Balaban J connectivity index is 1.60. The summed E-state index contributed by atoms with van der Waals surface area (Å²) in [4.78, 5) is 10.3. The van der Waals surface area contributed by atoms with E-state index in [1.165, 1.54) is 12.1 Å². The van der Waals surface area contributed by atoms with Crippen molar-refractivity contribution >= 4 is 5.69 Å². The first-order valence-corrected chi connectivity index (χ1v) is 9.29. The molecule has 1 atom stereocenters. The van der Waals surface area contributed by atoms with E-state index < -0.39 is 4.92 Å². The molecular formula is C22H24N2O5. The Morgan fingerprint density at radius 2 is 1.79 bits per heavy atom. The molecule has 1 N–H and O–H groups in total. The van der Waals surface area contributed by atoms with E-state index in [9.17, 15) is 10.1 Å². The number of nitro benzene ring substituents is 1. The highest BCUT2D eigenvalue weighted by atomic mass is 16.6. The van der Waals surface area contributed by atoms with E-state index in [1.807, 2.05) is 37.3 Å². The molecule has 152 valence electrons. The van der Waals surface area contributed by atoms with E-state index in [4.69, 9.17) is 13.9 Å². The van der Waals surface area contributed by atoms with Crippen LogP contribution in [0.1, 0.15) is 35.6 Å². The molecule has 7 nitrogen and oxygen atoms in total. The summed E-state index contributed by atoms with van der Waals surface area (Å²) in [5, 5.41) is 14.2. The molecule has 0 radical (unpaired) electrons. The first kappa shape index (κ1) is 20.4. The Morgan fingerprint density at radius 1 is 1.07 bits per heavy atom. The number of methoxy groups -OCH3 is 1. The van der Waals surface area contributed by atoms with E-state index in [2.05, 4.69) is 12.2 Å². The molecule has 3 rings (SSSR count). The van der Waals surface area contributed by atoms with Crippen LogP contribution in [-0.2, 0) is 13.2 Å². The van der Waals surface area contributed by atoms with Gasteiger partial charge in [0.05, 0.1) is 18.1 Å². The number of nitrogens with one attached hydrogen (secondary N) is 1. The number of aryl methyl sites for hydroxylation is 1. The molecule has 1 unspecified atom stereocenters. The first-order valence-electron chi connectivity index (χ1n) is 9.29. The molecule has 0 aliphatic heterocycles. The number of rotatable bonds is 9. The smallest absolute Gasteiger partial charge is 0.269 e. The van der Waals surface area contributed by atoms with E-state index >= 15 is 0 Å². The van der Waals surface area contributed by atoms with Crippen molar-refractivity contribution in [2.75, 3.05) is 7.11 Å². The van der Waals surface area contributed by atoms with Gasteiger partial charge in [0, 0.05) is 18.7 Å². The Bertz CT molecular complexity index is 966. The average Bonchev–Trinajstić information content (AvgIpc) is 3.17. The maximum atomic E-state index is 10.7. The van der Waals surface area contributed by atoms with Crippen LogP contribution in [0.5, 0.6) is 11.5 Å². The van der Waals surface area contributed by atoms with Gasteiger partial charge in [0.2, 0.25) is 0 Å². The molecule has 0 saturated heterocycles. The lowest BCUT2D eigenvalue weighted by atomic mass is 10.1. The maximum absolute atomic E-state index is 10.7. The third-order valence-corrected chi connectivity index (χ3v) is 4.57. The van der Waals surface area contributed by atoms with Crippen LogP contribution in [0.4, 0.5) is 5.69 Å². The summed E-state index contributed by atoms with van der Waals surface area (Å²) in [7, 11) is 1.60. The number of hydrogen-bond acceptors (Lipinski definition) is 6. The molecule has 0 aliphatic rings. The summed E-state index contributed by atoms with van der Waals surface area (Å²) < 4.78 is 16.9. The third kappa shape index (κ3) is 5.36. The number of furan rings is 1. The molecule has 0 aliphatic carbocycles. The van der Waals surface area contributed by atoms with Crippen LogP contribution in [0.2, 0.25) is 0 Å². The molecule has 29 heavy (non-hydrogen) atoms. The second kappa shape index (κ2) is 9.25. The molecule has 3 aromatic rings. The fourth-order valence-corrected chi connectivity index (χ4v) is 2.87. The highest BCUT2D eigenvalue weighted by Crippen LogP contribution is 2.29. The summed E-state index contributed by atoms with van der Waals surface area (Å²) in [6.45, 7) is 4.93. The zero-order chi connectivity index (χ0) is 20.8. The Labute approximate surface area is 169 Å². The molecule has 2 aromatic carbocycles. The second-order valence-electron chi connectivity index (χ2n) is 6.75. The lowest BCUT2D eigenvalue weighted by molar-refractivity contribution is -0.384. The fraction of sp³-hybridized carbons (Fsp3) is 0.273. The fourth-order valence-electron chi connectivity index (χ4n) is 2.87. The van der Waals surface area contributed by atoms with Gasteiger partial charge in [-0.15, -0.1) is 0 Å². The number of ether oxygens (including phenoxy) is 2. The lowest BCUT2D eigenvalue weighted by Gasteiger charge is -2.14. The van der Waals surface area contributed by atoms with E-state index in [0.29, 0.717) is 24.7 Å². The molecule has 0 amide bonds. The topological polar surface area (TPSA) is 86.8 Å². The van der Waals surface area contributed by atoms with Gasteiger partial charge in [-0.1, -0.05) is 6.07 Å². The SMILES string of the molecule is COc1cc(CNC(C)c2ccc(C)o2)ccc1OCc1ccc([N+](=O)[O-])cc1. The number of nitro groups is 1. The van der Waals surface area contributed by atoms with Crippen LogP contribution in [0.3, 0.4) is 0 Å². The maximum Gasteiger partial charge on any atom is 0.269 e. The van der Waals surface area contributed by atoms with Gasteiger partial charge in [-0.25, -0.2) is 0 Å². The summed E-state index contributed by atoms with van der Waals surface area (Å²) in [5.74, 6) is 3.04. The Hall–Kier alpha value is -3.32. The quantitative estimate of drug-likeness (QED) is 0.407. The molecule has 1 heterocycles. The van der Waals surface area contributed by atoms with Crippen molar-refractivity contribution in [3.05, 3.63) is 87.4 Å². The van der Waals surface area contributed by atoms with Gasteiger partial charge >= 0.3 is 0 Å². The van der Waals surface area contributed by atoms with Crippen LogP contribution in [0.25, 0.3) is 0 Å². The molecular weight excluding hydrogens is 372 g/mol. The van der Waals surface area contributed by atoms with Gasteiger partial charge < -0.3 is 19.2 Å². The van der Waals surface area contributed by atoms with Gasteiger partial charge in [-0.2, -0.15) is 0 Å². The van der Waals surface area contributed by atoms with Gasteiger partial charge in [0.1, 0.15) is 18.1 Å². The van der Waals surface area contributed by atoms with Crippen molar-refractivity contribution in [2.45, 2.75) is 33.0 Å². The van der Waals surface area contributed by atoms with Gasteiger partial charge in [0.15, 0.2) is 11.5 Å². The summed E-state index contributed by atoms with van der Waals surface area (Å²) in [5.41, 5.74) is 1.95. The molecule has 0 spiro atoms.